The first kappa shape index (κ1) is 70.2. The van der Waals surface area contributed by atoms with E-state index in [9.17, 15) is 19.4 Å². The highest BCUT2D eigenvalue weighted by Crippen LogP contribution is 2.38. The van der Waals surface area contributed by atoms with Crippen LogP contribution in [0.1, 0.15) is 284 Å². The molecule has 0 spiro atoms. The molecule has 0 bridgehead atoms. The number of hydrogen-bond acceptors (Lipinski definition) is 6. The fraction of sp³-hybridized carbons (Fsp3) is 0.825. The number of carbonyl (C=O) groups excluding carboxylic acids is 1. The van der Waals surface area contributed by atoms with E-state index in [4.69, 9.17) is 9.05 Å². The minimum atomic E-state index is -4.61. The molecule has 0 rings (SSSR count). The molecule has 0 fully saturated rings. The number of allylic oxidation sites excluding steroid dienone is 9. The Bertz CT molecular complexity index is 1360. The van der Waals surface area contributed by atoms with Crippen LogP contribution in [0.3, 0.4) is 0 Å². The van der Waals surface area contributed by atoms with Crippen molar-refractivity contribution in [1.82, 2.24) is 5.32 Å². The van der Waals surface area contributed by atoms with Gasteiger partial charge in [-0.15, -0.1) is 0 Å². The third kappa shape index (κ3) is 55.9. The van der Waals surface area contributed by atoms with Crippen LogP contribution in [0.15, 0.2) is 60.8 Å². The highest BCUT2D eigenvalue weighted by atomic mass is 31.2. The van der Waals surface area contributed by atoms with E-state index in [1.54, 1.807) is 6.08 Å². The minimum absolute atomic E-state index is 0.00929. The lowest BCUT2D eigenvalue weighted by atomic mass is 10.0. The van der Waals surface area contributed by atoms with Gasteiger partial charge in [0.25, 0.3) is 7.82 Å². The SMILES string of the molecule is CCCCCCC/C=C\C/C=C\CCCCCCCCCCCCCCCCCCCCCC(=O)NC(COP(=O)([O-])OCC[N+](C)(C)C)C(O)/C=C/CC/C=C/CC/C=C/CCCCCCCCCCC. The zero-order chi connectivity index (χ0) is 52.7. The summed E-state index contributed by atoms with van der Waals surface area (Å²) in [6, 6.07) is -0.911. The number of nitrogens with zero attached hydrogens (tertiary/aromatic N) is 1. The van der Waals surface area contributed by atoms with E-state index in [2.05, 4.69) is 67.8 Å². The van der Waals surface area contributed by atoms with Gasteiger partial charge in [0.05, 0.1) is 39.9 Å². The number of amides is 1. The highest BCUT2D eigenvalue weighted by molar-refractivity contribution is 7.45. The molecule has 1 amide bonds. The van der Waals surface area contributed by atoms with Gasteiger partial charge in [-0.1, -0.05) is 261 Å². The maximum Gasteiger partial charge on any atom is 0.268 e. The molecule has 0 aromatic rings. The van der Waals surface area contributed by atoms with Gasteiger partial charge in [0.1, 0.15) is 13.2 Å². The predicted molar refractivity (Wildman–Crippen MR) is 311 cm³/mol. The summed E-state index contributed by atoms with van der Waals surface area (Å²) < 4.78 is 23.3. The van der Waals surface area contributed by atoms with Crippen LogP contribution < -0.4 is 10.2 Å². The minimum Gasteiger partial charge on any atom is -0.756 e. The van der Waals surface area contributed by atoms with E-state index in [1.165, 1.54) is 212 Å². The Labute approximate surface area is 447 Å². The third-order valence-corrected chi connectivity index (χ3v) is 14.6. The first-order chi connectivity index (χ1) is 35.0. The molecular weight excluding hydrogens is 912 g/mol. The third-order valence-electron chi connectivity index (χ3n) is 13.7. The average Bonchev–Trinajstić information content (AvgIpc) is 3.34. The van der Waals surface area contributed by atoms with Gasteiger partial charge in [0.15, 0.2) is 0 Å². The van der Waals surface area contributed by atoms with Crippen molar-refractivity contribution in [3.05, 3.63) is 60.8 Å². The molecule has 0 saturated heterocycles. The predicted octanol–water partition coefficient (Wildman–Crippen LogP) is 18.2. The number of phosphoric acid groups is 1. The number of rotatable bonds is 56. The molecule has 0 saturated carbocycles. The zero-order valence-electron chi connectivity index (χ0n) is 48.1. The van der Waals surface area contributed by atoms with Gasteiger partial charge in [0, 0.05) is 6.42 Å². The zero-order valence-corrected chi connectivity index (χ0v) is 49.0. The van der Waals surface area contributed by atoms with Crippen molar-refractivity contribution < 1.29 is 32.9 Å². The maximum absolute atomic E-state index is 13.0. The fourth-order valence-electron chi connectivity index (χ4n) is 8.86. The maximum atomic E-state index is 13.0. The molecule has 0 radical (unpaired) electrons. The fourth-order valence-corrected chi connectivity index (χ4v) is 9.59. The van der Waals surface area contributed by atoms with Crippen molar-refractivity contribution in [3.63, 3.8) is 0 Å². The second-order valence-electron chi connectivity index (χ2n) is 22.0. The Morgan fingerprint density at radius 2 is 0.819 bits per heavy atom. The summed E-state index contributed by atoms with van der Waals surface area (Å²) >= 11 is 0. The van der Waals surface area contributed by atoms with E-state index in [0.29, 0.717) is 17.4 Å². The summed E-state index contributed by atoms with van der Waals surface area (Å²) in [5.74, 6) is -0.209. The monoisotopic (exact) mass is 1030 g/mol. The Morgan fingerprint density at radius 3 is 1.21 bits per heavy atom. The van der Waals surface area contributed by atoms with Gasteiger partial charge < -0.3 is 28.8 Å². The lowest BCUT2D eigenvalue weighted by molar-refractivity contribution is -0.870. The van der Waals surface area contributed by atoms with E-state index in [-0.39, 0.29) is 12.5 Å². The smallest absolute Gasteiger partial charge is 0.268 e. The first-order valence-corrected chi connectivity index (χ1v) is 32.1. The summed E-state index contributed by atoms with van der Waals surface area (Å²) in [7, 11) is 1.24. The summed E-state index contributed by atoms with van der Waals surface area (Å²) in [5.41, 5.74) is 0. The standard InChI is InChI=1S/C63H119N2O6P/c1-6-8-10-12-14-16-18-20-22-24-26-27-28-29-30-31-32-33-34-35-36-37-39-41-43-45-47-49-51-53-55-57-63(67)64-61(60-71-72(68,69)70-59-58-65(3,4)5)62(66)56-54-52-50-48-46-44-42-40-38-25-23-21-19-17-15-13-11-9-7-2/h18,20,24,26,38,40,46,48,54,56,61-62,66H,6-17,19,21-23,25,27-37,39,41-45,47,49-53,55,57-60H2,1-5H3,(H-,64,67,68,69)/b20-18-,26-24-,40-38+,48-46+,56-54+. The van der Waals surface area contributed by atoms with Crippen LogP contribution >= 0.6 is 7.82 Å². The molecular formula is C63H119N2O6P. The number of aliphatic hydroxyl groups excluding tert-OH is 1. The molecule has 2 N–H and O–H groups in total. The molecule has 9 heteroatoms. The van der Waals surface area contributed by atoms with Crippen LogP contribution in [0.4, 0.5) is 0 Å². The van der Waals surface area contributed by atoms with E-state index < -0.39 is 26.6 Å². The van der Waals surface area contributed by atoms with Crippen molar-refractivity contribution in [2.75, 3.05) is 40.9 Å². The molecule has 0 heterocycles. The molecule has 3 atom stereocenters. The van der Waals surface area contributed by atoms with E-state index >= 15 is 0 Å². The molecule has 3 unspecified atom stereocenters. The number of quaternary nitrogens is 1. The van der Waals surface area contributed by atoms with Crippen LogP contribution in [0.2, 0.25) is 0 Å². The Kier molecular flexibility index (Phi) is 52.7. The van der Waals surface area contributed by atoms with E-state index in [1.807, 2.05) is 27.2 Å². The number of aliphatic hydroxyl groups is 1. The number of nitrogens with one attached hydrogen (secondary N) is 1. The first-order valence-electron chi connectivity index (χ1n) is 30.7. The Hall–Kier alpha value is -1.80. The van der Waals surface area contributed by atoms with Crippen LogP contribution in [0.25, 0.3) is 0 Å². The van der Waals surface area contributed by atoms with E-state index in [0.717, 1.165) is 51.4 Å². The number of carbonyl (C=O) groups is 1. The van der Waals surface area contributed by atoms with Crippen LogP contribution in [-0.4, -0.2) is 68.5 Å². The number of phosphoric ester groups is 1. The van der Waals surface area contributed by atoms with Gasteiger partial charge in [-0.05, 0) is 77.0 Å². The molecule has 0 aromatic carbocycles. The van der Waals surface area contributed by atoms with Gasteiger partial charge in [0.2, 0.25) is 5.91 Å². The summed E-state index contributed by atoms with van der Waals surface area (Å²) in [5, 5.41) is 13.9. The molecule has 72 heavy (non-hydrogen) atoms. The molecule has 0 aliphatic rings. The highest BCUT2D eigenvalue weighted by Gasteiger charge is 2.23. The summed E-state index contributed by atoms with van der Waals surface area (Å²) in [4.78, 5) is 25.5. The molecule has 0 aromatic heterocycles. The van der Waals surface area contributed by atoms with Crippen LogP contribution in [-0.2, 0) is 18.4 Å². The summed E-state index contributed by atoms with van der Waals surface area (Å²) in [6.07, 6.45) is 73.2. The van der Waals surface area contributed by atoms with Gasteiger partial charge >= 0.3 is 0 Å². The van der Waals surface area contributed by atoms with Crippen molar-refractivity contribution in [1.29, 1.82) is 0 Å². The quantitative estimate of drug-likeness (QED) is 0.0272. The van der Waals surface area contributed by atoms with Crippen LogP contribution in [0.5, 0.6) is 0 Å². The lowest BCUT2D eigenvalue weighted by Gasteiger charge is -2.29. The van der Waals surface area contributed by atoms with Crippen LogP contribution in [0, 0.1) is 0 Å². The van der Waals surface area contributed by atoms with Gasteiger partial charge in [-0.2, -0.15) is 0 Å². The van der Waals surface area contributed by atoms with Gasteiger partial charge in [-0.25, -0.2) is 0 Å². The number of unbranched alkanes of at least 4 members (excludes halogenated alkanes) is 35. The summed E-state index contributed by atoms with van der Waals surface area (Å²) in [6.45, 7) is 4.63. The second kappa shape index (κ2) is 54.0. The lowest BCUT2D eigenvalue weighted by Crippen LogP contribution is -2.45. The van der Waals surface area contributed by atoms with Crippen molar-refractivity contribution in [2.24, 2.45) is 0 Å². The molecule has 422 valence electrons. The number of hydrogen-bond donors (Lipinski definition) is 2. The molecule has 0 aliphatic heterocycles. The Morgan fingerprint density at radius 1 is 0.486 bits per heavy atom. The van der Waals surface area contributed by atoms with Gasteiger partial charge in [-0.3, -0.25) is 9.36 Å². The molecule has 0 aliphatic carbocycles. The molecule has 8 nitrogen and oxygen atoms in total. The normalized spacial score (nSPS) is 14.3. The van der Waals surface area contributed by atoms with Crippen molar-refractivity contribution >= 4 is 13.7 Å². The second-order valence-corrected chi connectivity index (χ2v) is 23.4. The topological polar surface area (TPSA) is 108 Å². The van der Waals surface area contributed by atoms with Crippen molar-refractivity contribution in [3.8, 4) is 0 Å². The van der Waals surface area contributed by atoms with Crippen molar-refractivity contribution in [2.45, 2.75) is 296 Å². The Balaban J connectivity index is 4.14. The average molecular weight is 1030 g/mol. The largest absolute Gasteiger partial charge is 0.756 e. The number of likely N-dealkylation sites (N-methyl/N-ethyl adjacent to an activating group) is 1.